The second-order valence-corrected chi connectivity index (χ2v) is 7.60. The molecule has 0 aliphatic carbocycles. The molecule has 1 aromatic heterocycles. The lowest BCUT2D eigenvalue weighted by Gasteiger charge is -2.29. The number of carbonyl (C=O) groups is 1. The van der Waals surface area contributed by atoms with Crippen molar-refractivity contribution in [2.75, 3.05) is 44.3 Å². The van der Waals surface area contributed by atoms with E-state index in [1.165, 1.54) is 15.8 Å². The van der Waals surface area contributed by atoms with Gasteiger partial charge in [-0.05, 0) is 31.4 Å². The summed E-state index contributed by atoms with van der Waals surface area (Å²) in [5, 5.41) is 0.833. The summed E-state index contributed by atoms with van der Waals surface area (Å²) in [5.41, 5.74) is 3.42. The molecule has 144 valence electrons. The van der Waals surface area contributed by atoms with E-state index in [0.29, 0.717) is 13.0 Å². The van der Waals surface area contributed by atoms with Crippen LogP contribution in [0.2, 0.25) is 0 Å². The number of nitrogens with zero attached hydrogens (tertiary/aromatic N) is 3. The van der Waals surface area contributed by atoms with Crippen LogP contribution in [0.1, 0.15) is 30.9 Å². The zero-order chi connectivity index (χ0) is 17.8. The first-order valence-electron chi connectivity index (χ1n) is 9.07. The van der Waals surface area contributed by atoms with Gasteiger partial charge in [0.15, 0.2) is 5.13 Å². The standard InChI is InChI=1S/C19H27N3O2S.ClH/c1-4-5-16(23)22(9-8-21-10-12-24-13-11-21)19-20-17-14(2)6-7-15(3)18(17)25-19;/h6-7H,4-5,8-13H2,1-3H3;1H. The smallest absolute Gasteiger partial charge is 0.228 e. The zero-order valence-electron chi connectivity index (χ0n) is 15.8. The third-order valence-electron chi connectivity index (χ3n) is 4.67. The molecular weight excluding hydrogens is 370 g/mol. The molecule has 0 spiro atoms. The molecule has 1 amide bonds. The van der Waals surface area contributed by atoms with Gasteiger partial charge in [-0.25, -0.2) is 4.98 Å². The number of ether oxygens (including phenoxy) is 1. The maximum Gasteiger partial charge on any atom is 0.228 e. The maximum absolute atomic E-state index is 12.7. The van der Waals surface area contributed by atoms with Gasteiger partial charge in [0.25, 0.3) is 0 Å². The van der Waals surface area contributed by atoms with Crippen molar-refractivity contribution >= 4 is 45.0 Å². The molecule has 0 bridgehead atoms. The lowest BCUT2D eigenvalue weighted by atomic mass is 10.1. The molecule has 7 heteroatoms. The number of benzene rings is 1. The average molecular weight is 398 g/mol. The molecule has 0 atom stereocenters. The van der Waals surface area contributed by atoms with Gasteiger partial charge in [-0.1, -0.05) is 30.4 Å². The van der Waals surface area contributed by atoms with Crippen LogP contribution in [0.15, 0.2) is 12.1 Å². The molecule has 1 saturated heterocycles. The zero-order valence-corrected chi connectivity index (χ0v) is 17.4. The molecule has 1 fully saturated rings. The SMILES string of the molecule is CCCC(=O)N(CCN1CCOCC1)c1nc2c(C)ccc(C)c2s1.Cl. The van der Waals surface area contributed by atoms with Crippen LogP contribution in [0, 0.1) is 13.8 Å². The topological polar surface area (TPSA) is 45.7 Å². The van der Waals surface area contributed by atoms with E-state index in [1.54, 1.807) is 11.3 Å². The lowest BCUT2D eigenvalue weighted by Crippen LogP contribution is -2.43. The summed E-state index contributed by atoms with van der Waals surface area (Å²) in [5.74, 6) is 0.171. The Morgan fingerprint density at radius 3 is 2.62 bits per heavy atom. The van der Waals surface area contributed by atoms with E-state index >= 15 is 0 Å². The van der Waals surface area contributed by atoms with Crippen LogP contribution in [-0.2, 0) is 9.53 Å². The Bertz CT molecular complexity index is 705. The van der Waals surface area contributed by atoms with Crippen molar-refractivity contribution in [3.05, 3.63) is 23.3 Å². The van der Waals surface area contributed by atoms with E-state index in [4.69, 9.17) is 9.72 Å². The van der Waals surface area contributed by atoms with Gasteiger partial charge in [-0.3, -0.25) is 14.6 Å². The number of hydrogen-bond donors (Lipinski definition) is 0. The Labute approximate surface area is 165 Å². The number of aryl methyl sites for hydroxylation is 2. The molecule has 26 heavy (non-hydrogen) atoms. The molecule has 1 aromatic carbocycles. The second kappa shape index (κ2) is 9.65. The van der Waals surface area contributed by atoms with Crippen molar-refractivity contribution < 1.29 is 9.53 Å². The van der Waals surface area contributed by atoms with Crippen molar-refractivity contribution in [2.24, 2.45) is 0 Å². The first kappa shape index (κ1) is 21.1. The van der Waals surface area contributed by atoms with Gasteiger partial charge in [-0.2, -0.15) is 0 Å². The summed E-state index contributed by atoms with van der Waals surface area (Å²) in [7, 11) is 0. The minimum Gasteiger partial charge on any atom is -0.379 e. The summed E-state index contributed by atoms with van der Waals surface area (Å²) in [6.45, 7) is 11.2. The number of halogens is 1. The van der Waals surface area contributed by atoms with Crippen molar-refractivity contribution in [3.63, 3.8) is 0 Å². The Balaban J connectivity index is 0.00000243. The van der Waals surface area contributed by atoms with Crippen LogP contribution >= 0.6 is 23.7 Å². The van der Waals surface area contributed by atoms with Crippen molar-refractivity contribution in [2.45, 2.75) is 33.6 Å². The van der Waals surface area contributed by atoms with Crippen molar-refractivity contribution in [1.29, 1.82) is 0 Å². The van der Waals surface area contributed by atoms with Crippen LogP contribution in [0.5, 0.6) is 0 Å². The number of amides is 1. The largest absolute Gasteiger partial charge is 0.379 e. The summed E-state index contributed by atoms with van der Waals surface area (Å²) in [6.07, 6.45) is 1.42. The normalized spacial score (nSPS) is 15.0. The fourth-order valence-corrected chi connectivity index (χ4v) is 4.26. The Morgan fingerprint density at radius 2 is 1.96 bits per heavy atom. The Morgan fingerprint density at radius 1 is 1.27 bits per heavy atom. The van der Waals surface area contributed by atoms with Gasteiger partial charge >= 0.3 is 0 Å². The maximum atomic E-state index is 12.7. The van der Waals surface area contributed by atoms with Gasteiger partial charge in [0.2, 0.25) is 5.91 Å². The summed E-state index contributed by atoms with van der Waals surface area (Å²) < 4.78 is 6.60. The number of fused-ring (bicyclic) bond motifs is 1. The third kappa shape index (κ3) is 4.74. The van der Waals surface area contributed by atoms with Gasteiger partial charge in [0.1, 0.15) is 0 Å². The second-order valence-electron chi connectivity index (χ2n) is 6.62. The van der Waals surface area contributed by atoms with Crippen LogP contribution in [0.3, 0.4) is 0 Å². The highest BCUT2D eigenvalue weighted by atomic mass is 35.5. The number of aromatic nitrogens is 1. The molecule has 0 saturated carbocycles. The molecule has 0 radical (unpaired) electrons. The lowest BCUT2D eigenvalue weighted by molar-refractivity contribution is -0.118. The molecule has 5 nitrogen and oxygen atoms in total. The summed E-state index contributed by atoms with van der Waals surface area (Å²) in [4.78, 5) is 21.8. The highest BCUT2D eigenvalue weighted by Gasteiger charge is 2.21. The average Bonchev–Trinajstić information content (AvgIpc) is 3.06. The number of carbonyl (C=O) groups excluding carboxylic acids is 1. The predicted octanol–water partition coefficient (Wildman–Crippen LogP) is 3.80. The van der Waals surface area contributed by atoms with E-state index < -0.39 is 0 Å². The van der Waals surface area contributed by atoms with Gasteiger partial charge in [0.05, 0.1) is 23.4 Å². The van der Waals surface area contributed by atoms with Gasteiger partial charge in [-0.15, -0.1) is 12.4 Å². The van der Waals surface area contributed by atoms with Crippen LogP contribution < -0.4 is 4.90 Å². The fourth-order valence-electron chi connectivity index (χ4n) is 3.11. The van der Waals surface area contributed by atoms with Gasteiger partial charge < -0.3 is 4.74 Å². The Hall–Kier alpha value is -1.21. The number of thiazole rings is 1. The first-order chi connectivity index (χ1) is 12.1. The Kier molecular flexibility index (Phi) is 7.83. The van der Waals surface area contributed by atoms with Crippen LogP contribution in [0.25, 0.3) is 10.2 Å². The van der Waals surface area contributed by atoms with Gasteiger partial charge in [0, 0.05) is 32.6 Å². The molecule has 1 aliphatic heterocycles. The fraction of sp³-hybridized carbons (Fsp3) is 0.579. The summed E-state index contributed by atoms with van der Waals surface area (Å²) >= 11 is 1.64. The van der Waals surface area contributed by atoms with Crippen LogP contribution in [-0.4, -0.2) is 55.2 Å². The van der Waals surface area contributed by atoms with E-state index in [-0.39, 0.29) is 18.3 Å². The molecule has 0 N–H and O–H groups in total. The molecule has 2 aromatic rings. The number of anilines is 1. The minimum atomic E-state index is 0. The monoisotopic (exact) mass is 397 g/mol. The molecule has 2 heterocycles. The summed E-state index contributed by atoms with van der Waals surface area (Å²) in [6, 6.07) is 4.23. The minimum absolute atomic E-state index is 0. The van der Waals surface area contributed by atoms with E-state index in [0.717, 1.165) is 49.9 Å². The third-order valence-corrected chi connectivity index (χ3v) is 5.88. The van der Waals surface area contributed by atoms with E-state index in [1.807, 2.05) is 11.8 Å². The van der Waals surface area contributed by atoms with E-state index in [2.05, 4.69) is 30.9 Å². The molecule has 3 rings (SSSR count). The van der Waals surface area contributed by atoms with Crippen molar-refractivity contribution in [3.8, 4) is 0 Å². The highest BCUT2D eigenvalue weighted by molar-refractivity contribution is 7.22. The van der Waals surface area contributed by atoms with Crippen molar-refractivity contribution in [1.82, 2.24) is 9.88 Å². The number of rotatable bonds is 6. The number of morpholine rings is 1. The molecule has 0 unspecified atom stereocenters. The molecule has 1 aliphatic rings. The number of hydrogen-bond acceptors (Lipinski definition) is 5. The predicted molar refractivity (Wildman–Crippen MR) is 111 cm³/mol. The quantitative estimate of drug-likeness (QED) is 0.743. The van der Waals surface area contributed by atoms with Crippen LogP contribution in [0.4, 0.5) is 5.13 Å². The van der Waals surface area contributed by atoms with E-state index in [9.17, 15) is 4.79 Å². The first-order valence-corrected chi connectivity index (χ1v) is 9.89. The highest BCUT2D eigenvalue weighted by Crippen LogP contribution is 2.33. The molecular formula is C19H28ClN3O2S.